The van der Waals surface area contributed by atoms with Gasteiger partial charge in [0.1, 0.15) is 12.4 Å². The van der Waals surface area contributed by atoms with Crippen molar-refractivity contribution in [2.75, 3.05) is 13.2 Å². The van der Waals surface area contributed by atoms with Crippen LogP contribution in [0.2, 0.25) is 0 Å². The quantitative estimate of drug-likeness (QED) is 0.721. The Kier molecular flexibility index (Phi) is 2.43. The van der Waals surface area contributed by atoms with E-state index < -0.39 is 0 Å². The van der Waals surface area contributed by atoms with E-state index in [1.165, 1.54) is 0 Å². The van der Waals surface area contributed by atoms with Crippen molar-refractivity contribution in [3.05, 3.63) is 23.8 Å². The minimum absolute atomic E-state index is 0.0903. The van der Waals surface area contributed by atoms with Gasteiger partial charge in [0.15, 0.2) is 0 Å². The predicted molar refractivity (Wildman–Crippen MR) is 65.4 cm³/mol. The second kappa shape index (κ2) is 3.73. The van der Waals surface area contributed by atoms with E-state index in [1.807, 2.05) is 32.0 Å². The van der Waals surface area contributed by atoms with Crippen molar-refractivity contribution in [2.45, 2.75) is 25.6 Å². The molecule has 2 heterocycles. The van der Waals surface area contributed by atoms with E-state index >= 15 is 0 Å². The summed E-state index contributed by atoms with van der Waals surface area (Å²) in [6.45, 7) is 4.97. The highest BCUT2D eigenvalue weighted by atomic mass is 16.6. The van der Waals surface area contributed by atoms with Crippen LogP contribution in [-0.2, 0) is 9.31 Å². The average molecular weight is 233 g/mol. The molecule has 1 atom stereocenters. The first-order chi connectivity index (χ1) is 8.11. The molecule has 0 saturated heterocycles. The maximum atomic E-state index is 5.96. The lowest BCUT2D eigenvalue weighted by Gasteiger charge is -2.25. The summed E-state index contributed by atoms with van der Waals surface area (Å²) >= 11 is 0. The number of hydrogen-bond donors (Lipinski definition) is 1. The molecule has 4 nitrogen and oxygen atoms in total. The van der Waals surface area contributed by atoms with Crippen LogP contribution in [0.3, 0.4) is 0 Å². The van der Waals surface area contributed by atoms with Gasteiger partial charge >= 0.3 is 7.12 Å². The van der Waals surface area contributed by atoms with Crippen LogP contribution >= 0.6 is 0 Å². The second-order valence-electron chi connectivity index (χ2n) is 5.12. The molecule has 0 aromatic heterocycles. The van der Waals surface area contributed by atoms with E-state index in [-0.39, 0.29) is 18.8 Å². The number of rotatable bonds is 1. The van der Waals surface area contributed by atoms with Gasteiger partial charge in [-0.15, -0.1) is 0 Å². The summed E-state index contributed by atoms with van der Waals surface area (Å²) in [5, 5.41) is 0. The third-order valence-electron chi connectivity index (χ3n) is 3.19. The first-order valence-corrected chi connectivity index (χ1v) is 5.90. The van der Waals surface area contributed by atoms with Gasteiger partial charge in [0.25, 0.3) is 0 Å². The minimum atomic E-state index is -0.357. The molecule has 5 heteroatoms. The van der Waals surface area contributed by atoms with Gasteiger partial charge in [0, 0.05) is 12.0 Å². The largest absolute Gasteiger partial charge is 0.499 e. The van der Waals surface area contributed by atoms with E-state index in [9.17, 15) is 0 Å². The summed E-state index contributed by atoms with van der Waals surface area (Å²) in [5.74, 6) is 0.856. The zero-order valence-electron chi connectivity index (χ0n) is 10.1. The third-order valence-corrected chi connectivity index (χ3v) is 3.19. The lowest BCUT2D eigenvalue weighted by molar-refractivity contribution is 0.0282. The maximum Gasteiger partial charge on any atom is 0.499 e. The fraction of sp³-hybridized carbons (Fsp3) is 0.500. The summed E-state index contributed by atoms with van der Waals surface area (Å²) in [4.78, 5) is 0. The molecule has 0 aliphatic carbocycles. The molecule has 2 aliphatic rings. The van der Waals surface area contributed by atoms with Crippen molar-refractivity contribution < 1.29 is 14.0 Å². The fourth-order valence-corrected chi connectivity index (χ4v) is 2.35. The summed E-state index contributed by atoms with van der Waals surface area (Å²) in [5.41, 5.74) is 7.46. The van der Waals surface area contributed by atoms with Crippen molar-refractivity contribution in [2.24, 2.45) is 5.73 Å². The van der Waals surface area contributed by atoms with Crippen LogP contribution in [0.4, 0.5) is 0 Å². The van der Waals surface area contributed by atoms with Crippen molar-refractivity contribution in [3.63, 3.8) is 0 Å². The first kappa shape index (κ1) is 11.1. The number of benzene rings is 1. The molecule has 3 rings (SSSR count). The standard InChI is InChI=1S/C12H16BNO3/c1-12(2)7-15-9-5-3-4-8-10(6-14)16-13(17-12)11(8)9/h3-5,10H,6-7,14H2,1-2H3. The summed E-state index contributed by atoms with van der Waals surface area (Å²) in [7, 11) is -0.354. The van der Waals surface area contributed by atoms with Gasteiger partial charge in [-0.1, -0.05) is 12.1 Å². The van der Waals surface area contributed by atoms with Gasteiger partial charge in [-0.2, -0.15) is 0 Å². The molecule has 0 saturated carbocycles. The van der Waals surface area contributed by atoms with E-state index in [2.05, 4.69) is 0 Å². The fourth-order valence-electron chi connectivity index (χ4n) is 2.35. The second-order valence-corrected chi connectivity index (χ2v) is 5.12. The van der Waals surface area contributed by atoms with Crippen LogP contribution in [0.15, 0.2) is 18.2 Å². The zero-order valence-corrected chi connectivity index (χ0v) is 10.1. The molecule has 0 bridgehead atoms. The highest BCUT2D eigenvalue weighted by Gasteiger charge is 2.44. The Hall–Kier alpha value is -1.04. The van der Waals surface area contributed by atoms with Crippen molar-refractivity contribution in [3.8, 4) is 5.75 Å². The molecular formula is C12H16BNO3. The molecule has 1 aromatic carbocycles. The lowest BCUT2D eigenvalue weighted by Crippen LogP contribution is -2.40. The van der Waals surface area contributed by atoms with Crippen molar-refractivity contribution >= 4 is 12.6 Å². The van der Waals surface area contributed by atoms with Gasteiger partial charge in [0.05, 0.1) is 11.7 Å². The Morgan fingerprint density at radius 2 is 2.29 bits per heavy atom. The Balaban J connectivity index is 2.08. The van der Waals surface area contributed by atoms with Gasteiger partial charge in [-0.3, -0.25) is 0 Å². The van der Waals surface area contributed by atoms with Crippen LogP contribution < -0.4 is 15.9 Å². The van der Waals surface area contributed by atoms with E-state index in [1.54, 1.807) is 0 Å². The van der Waals surface area contributed by atoms with Gasteiger partial charge in [-0.05, 0) is 25.5 Å². The number of nitrogens with two attached hydrogens (primary N) is 1. The molecular weight excluding hydrogens is 217 g/mol. The van der Waals surface area contributed by atoms with E-state index in [0.29, 0.717) is 13.2 Å². The van der Waals surface area contributed by atoms with Crippen molar-refractivity contribution in [1.29, 1.82) is 0 Å². The minimum Gasteiger partial charge on any atom is -0.491 e. The number of ether oxygens (including phenoxy) is 1. The average Bonchev–Trinajstić information content (AvgIpc) is 2.58. The van der Waals surface area contributed by atoms with Gasteiger partial charge in [-0.25, -0.2) is 0 Å². The molecule has 1 aromatic rings. The molecule has 2 N–H and O–H groups in total. The monoisotopic (exact) mass is 233 g/mol. The van der Waals surface area contributed by atoms with Gasteiger partial charge < -0.3 is 19.8 Å². The Labute approximate surface area is 101 Å². The van der Waals surface area contributed by atoms with Crippen LogP contribution in [0, 0.1) is 0 Å². The molecule has 0 spiro atoms. The topological polar surface area (TPSA) is 53.7 Å². The highest BCUT2D eigenvalue weighted by molar-refractivity contribution is 6.64. The van der Waals surface area contributed by atoms with Crippen LogP contribution in [0.25, 0.3) is 0 Å². The normalized spacial score (nSPS) is 25.1. The van der Waals surface area contributed by atoms with E-state index in [0.717, 1.165) is 16.8 Å². The van der Waals surface area contributed by atoms with Crippen LogP contribution in [-0.4, -0.2) is 25.9 Å². The third kappa shape index (κ3) is 1.75. The van der Waals surface area contributed by atoms with Crippen LogP contribution in [0.1, 0.15) is 25.5 Å². The lowest BCUT2D eigenvalue weighted by atomic mass is 9.77. The predicted octanol–water partition coefficient (Wildman–Crippen LogP) is 0.599. The maximum absolute atomic E-state index is 5.96. The summed E-state index contributed by atoms with van der Waals surface area (Å²) in [6, 6.07) is 5.96. The summed E-state index contributed by atoms with van der Waals surface area (Å²) in [6.07, 6.45) is -0.0903. The molecule has 0 amide bonds. The van der Waals surface area contributed by atoms with E-state index in [4.69, 9.17) is 19.8 Å². The van der Waals surface area contributed by atoms with Gasteiger partial charge in [0.2, 0.25) is 0 Å². The molecule has 0 radical (unpaired) electrons. The van der Waals surface area contributed by atoms with Crippen LogP contribution in [0.5, 0.6) is 5.75 Å². The molecule has 1 unspecified atom stereocenters. The molecule has 90 valence electrons. The Morgan fingerprint density at radius 1 is 1.47 bits per heavy atom. The summed E-state index contributed by atoms with van der Waals surface area (Å²) < 4.78 is 17.6. The van der Waals surface area contributed by atoms with Crippen molar-refractivity contribution in [1.82, 2.24) is 0 Å². The molecule has 2 aliphatic heterocycles. The zero-order chi connectivity index (χ0) is 12.0. The SMILES string of the molecule is CC1(C)COc2cccc3c2B(OC3CN)O1. The smallest absolute Gasteiger partial charge is 0.491 e. The Morgan fingerprint density at radius 3 is 3.06 bits per heavy atom. The molecule has 17 heavy (non-hydrogen) atoms. The Bertz CT molecular complexity index is 449. The molecule has 0 fully saturated rings. The highest BCUT2D eigenvalue weighted by Crippen LogP contribution is 2.32. The first-order valence-electron chi connectivity index (χ1n) is 5.90. The number of hydrogen-bond acceptors (Lipinski definition) is 4.